The second kappa shape index (κ2) is 5.53. The van der Waals surface area contributed by atoms with Crippen molar-refractivity contribution in [1.82, 2.24) is 5.32 Å². The van der Waals surface area contributed by atoms with Gasteiger partial charge in [0.2, 0.25) is 5.91 Å². The summed E-state index contributed by atoms with van der Waals surface area (Å²) >= 11 is 0. The fraction of sp³-hybridized carbons (Fsp3) is 0.750. The lowest BCUT2D eigenvalue weighted by atomic mass is 10.3. The Morgan fingerprint density at radius 2 is 1.77 bits per heavy atom. The molecule has 0 bridgehead atoms. The van der Waals surface area contributed by atoms with Gasteiger partial charge < -0.3 is 14.8 Å². The number of rotatable bonds is 4. The molecule has 0 aliphatic rings. The van der Waals surface area contributed by atoms with Gasteiger partial charge in [-0.15, -0.1) is 0 Å². The molecule has 76 valence electrons. The molecule has 0 aliphatic heterocycles. The van der Waals surface area contributed by atoms with Gasteiger partial charge in [-0.3, -0.25) is 4.79 Å². The van der Waals surface area contributed by atoms with Gasteiger partial charge in [-0.2, -0.15) is 0 Å². The average Bonchev–Trinajstić information content (AvgIpc) is 2.14. The number of amides is 1. The zero-order valence-corrected chi connectivity index (χ0v) is 8.29. The molecule has 5 nitrogen and oxygen atoms in total. The molecule has 5 heteroatoms. The summed E-state index contributed by atoms with van der Waals surface area (Å²) in [6.45, 7) is 3.14. The van der Waals surface area contributed by atoms with E-state index in [-0.39, 0.29) is 5.91 Å². The summed E-state index contributed by atoms with van der Waals surface area (Å²) < 4.78 is 9.19. The third kappa shape index (κ3) is 3.89. The summed E-state index contributed by atoms with van der Waals surface area (Å²) in [5.74, 6) is -0.808. The van der Waals surface area contributed by atoms with Crippen molar-refractivity contribution >= 4 is 11.9 Å². The Kier molecular flexibility index (Phi) is 5.06. The molecule has 0 rings (SSSR count). The fourth-order valence-electron chi connectivity index (χ4n) is 0.673. The summed E-state index contributed by atoms with van der Waals surface area (Å²) in [5, 5.41) is 2.44. The second-order valence-electron chi connectivity index (χ2n) is 2.63. The Morgan fingerprint density at radius 1 is 1.23 bits per heavy atom. The van der Waals surface area contributed by atoms with Gasteiger partial charge in [-0.25, -0.2) is 4.79 Å². The van der Waals surface area contributed by atoms with Crippen LogP contribution in [0, 0.1) is 0 Å². The highest BCUT2D eigenvalue weighted by atomic mass is 16.5. The van der Waals surface area contributed by atoms with E-state index in [0.717, 1.165) is 0 Å². The van der Waals surface area contributed by atoms with Crippen LogP contribution in [0.5, 0.6) is 0 Å². The molecule has 0 aliphatic carbocycles. The van der Waals surface area contributed by atoms with Crippen LogP contribution >= 0.6 is 0 Å². The van der Waals surface area contributed by atoms with Crippen LogP contribution in [0.3, 0.4) is 0 Å². The molecular formula is C8H15NO4. The van der Waals surface area contributed by atoms with Crippen molar-refractivity contribution in [2.24, 2.45) is 0 Å². The Labute approximate surface area is 77.4 Å². The SMILES string of the molecule is COC(=O)C(C)NC(=O)C(C)OC. The highest BCUT2D eigenvalue weighted by molar-refractivity contribution is 5.86. The fourth-order valence-corrected chi connectivity index (χ4v) is 0.673. The van der Waals surface area contributed by atoms with Crippen LogP contribution in [-0.4, -0.2) is 38.2 Å². The second-order valence-corrected chi connectivity index (χ2v) is 2.63. The molecule has 2 unspecified atom stereocenters. The van der Waals surface area contributed by atoms with Gasteiger partial charge in [0.25, 0.3) is 0 Å². The minimum absolute atomic E-state index is 0.333. The zero-order valence-electron chi connectivity index (χ0n) is 8.29. The number of hydrogen-bond acceptors (Lipinski definition) is 4. The first kappa shape index (κ1) is 11.9. The monoisotopic (exact) mass is 189 g/mol. The van der Waals surface area contributed by atoms with Crippen molar-refractivity contribution in [2.75, 3.05) is 14.2 Å². The van der Waals surface area contributed by atoms with Crippen LogP contribution < -0.4 is 5.32 Å². The Bertz CT molecular complexity index is 193. The number of methoxy groups -OCH3 is 2. The van der Waals surface area contributed by atoms with E-state index in [9.17, 15) is 9.59 Å². The van der Waals surface area contributed by atoms with Crippen molar-refractivity contribution in [3.63, 3.8) is 0 Å². The number of esters is 1. The van der Waals surface area contributed by atoms with Gasteiger partial charge in [0.1, 0.15) is 12.1 Å². The molecule has 0 saturated carbocycles. The number of carbonyl (C=O) groups is 2. The van der Waals surface area contributed by atoms with Gasteiger partial charge in [0.15, 0.2) is 0 Å². The van der Waals surface area contributed by atoms with Gasteiger partial charge in [0, 0.05) is 7.11 Å². The Balaban J connectivity index is 3.98. The number of ether oxygens (including phenoxy) is 2. The average molecular weight is 189 g/mol. The molecule has 0 spiro atoms. The molecule has 0 aromatic heterocycles. The van der Waals surface area contributed by atoms with Crippen LogP contribution in [0.1, 0.15) is 13.8 Å². The summed E-state index contributed by atoms with van der Waals surface area (Å²) in [5.41, 5.74) is 0. The van der Waals surface area contributed by atoms with E-state index in [1.165, 1.54) is 14.2 Å². The van der Waals surface area contributed by atoms with E-state index in [1.54, 1.807) is 13.8 Å². The molecule has 0 heterocycles. The molecule has 2 atom stereocenters. The van der Waals surface area contributed by atoms with Gasteiger partial charge >= 0.3 is 5.97 Å². The highest BCUT2D eigenvalue weighted by Crippen LogP contribution is 1.91. The molecule has 0 saturated heterocycles. The Hall–Kier alpha value is -1.10. The zero-order chi connectivity index (χ0) is 10.4. The van der Waals surface area contributed by atoms with Crippen LogP contribution in [0.2, 0.25) is 0 Å². The van der Waals surface area contributed by atoms with E-state index in [1.807, 2.05) is 0 Å². The third-order valence-corrected chi connectivity index (χ3v) is 1.64. The summed E-state index contributed by atoms with van der Waals surface area (Å²) in [6, 6.07) is -0.643. The molecule has 1 N–H and O–H groups in total. The van der Waals surface area contributed by atoms with Crippen LogP contribution in [0.4, 0.5) is 0 Å². The van der Waals surface area contributed by atoms with Crippen molar-refractivity contribution < 1.29 is 19.1 Å². The van der Waals surface area contributed by atoms with Gasteiger partial charge in [0.05, 0.1) is 7.11 Å². The first-order chi connectivity index (χ1) is 6.02. The highest BCUT2D eigenvalue weighted by Gasteiger charge is 2.19. The van der Waals surface area contributed by atoms with Gasteiger partial charge in [-0.1, -0.05) is 0 Å². The quantitative estimate of drug-likeness (QED) is 0.616. The van der Waals surface area contributed by atoms with Crippen LogP contribution in [-0.2, 0) is 19.1 Å². The van der Waals surface area contributed by atoms with Gasteiger partial charge in [-0.05, 0) is 13.8 Å². The number of carbonyl (C=O) groups excluding carboxylic acids is 2. The first-order valence-corrected chi connectivity index (χ1v) is 3.94. The molecular weight excluding hydrogens is 174 g/mol. The minimum atomic E-state index is -0.643. The molecule has 13 heavy (non-hydrogen) atoms. The predicted molar refractivity (Wildman–Crippen MR) is 46.1 cm³/mol. The lowest BCUT2D eigenvalue weighted by Gasteiger charge is -2.14. The number of hydrogen-bond donors (Lipinski definition) is 1. The Morgan fingerprint density at radius 3 is 2.15 bits per heavy atom. The van der Waals surface area contributed by atoms with Crippen molar-refractivity contribution in [1.29, 1.82) is 0 Å². The molecule has 0 fully saturated rings. The van der Waals surface area contributed by atoms with Crippen molar-refractivity contribution in [3.05, 3.63) is 0 Å². The first-order valence-electron chi connectivity index (χ1n) is 3.94. The summed E-state index contributed by atoms with van der Waals surface area (Å²) in [7, 11) is 2.69. The maximum Gasteiger partial charge on any atom is 0.328 e. The van der Waals surface area contributed by atoms with E-state index in [0.29, 0.717) is 0 Å². The molecule has 0 aromatic carbocycles. The number of nitrogens with one attached hydrogen (secondary N) is 1. The standard InChI is InChI=1S/C8H15NO4/c1-5(8(11)13-4)9-7(10)6(2)12-3/h5-6H,1-4H3,(H,9,10). The minimum Gasteiger partial charge on any atom is -0.467 e. The molecule has 1 amide bonds. The lowest BCUT2D eigenvalue weighted by molar-refractivity contribution is -0.145. The van der Waals surface area contributed by atoms with Crippen LogP contribution in [0.15, 0.2) is 0 Å². The van der Waals surface area contributed by atoms with E-state index >= 15 is 0 Å². The van der Waals surface area contributed by atoms with Crippen LogP contribution in [0.25, 0.3) is 0 Å². The van der Waals surface area contributed by atoms with E-state index in [4.69, 9.17) is 4.74 Å². The maximum atomic E-state index is 11.2. The molecule has 0 radical (unpaired) electrons. The molecule has 0 aromatic rings. The van der Waals surface area contributed by atoms with Crippen molar-refractivity contribution in [3.8, 4) is 0 Å². The summed E-state index contributed by atoms with van der Waals surface area (Å²) in [6.07, 6.45) is -0.563. The summed E-state index contributed by atoms with van der Waals surface area (Å²) in [4.78, 5) is 22.0. The lowest BCUT2D eigenvalue weighted by Crippen LogP contribution is -2.43. The van der Waals surface area contributed by atoms with E-state index in [2.05, 4.69) is 10.1 Å². The third-order valence-electron chi connectivity index (χ3n) is 1.64. The largest absolute Gasteiger partial charge is 0.467 e. The van der Waals surface area contributed by atoms with E-state index < -0.39 is 18.1 Å². The normalized spacial score (nSPS) is 14.5. The van der Waals surface area contributed by atoms with Crippen molar-refractivity contribution in [2.45, 2.75) is 26.0 Å². The maximum absolute atomic E-state index is 11.2. The smallest absolute Gasteiger partial charge is 0.328 e. The predicted octanol–water partition coefficient (Wildman–Crippen LogP) is -0.301. The topological polar surface area (TPSA) is 64.6 Å².